The molecule has 0 radical (unpaired) electrons. The lowest BCUT2D eigenvalue weighted by atomic mass is 10.1. The predicted octanol–water partition coefficient (Wildman–Crippen LogP) is 4.02. The van der Waals surface area contributed by atoms with Crippen LogP contribution in [0.1, 0.15) is 11.1 Å². The molecule has 1 amide bonds. The molecule has 0 fully saturated rings. The third-order valence-electron chi connectivity index (χ3n) is 4.09. The van der Waals surface area contributed by atoms with Gasteiger partial charge in [0.05, 0.1) is 0 Å². The maximum atomic E-state index is 12.0. The molecule has 27 heavy (non-hydrogen) atoms. The van der Waals surface area contributed by atoms with Gasteiger partial charge in [0.2, 0.25) is 0 Å². The van der Waals surface area contributed by atoms with Gasteiger partial charge in [-0.15, -0.1) is 0 Å². The highest BCUT2D eigenvalue weighted by atomic mass is 16.6. The molecule has 0 aliphatic heterocycles. The zero-order valence-electron chi connectivity index (χ0n) is 15.3. The Morgan fingerprint density at radius 1 is 0.889 bits per heavy atom. The Morgan fingerprint density at radius 2 is 1.67 bits per heavy atom. The number of anilines is 1. The monoisotopic (exact) mass is 363 g/mol. The number of carbonyl (C=O) groups excluding carboxylic acids is 2. The standard InChI is InChI=1S/C22H21NO4/c1-15-7-8-16(2)20(11-15)26-14-22(25)27-13-21(24)23-19-10-9-17-5-3-4-6-18(17)12-19/h3-12H,13-14H2,1-2H3,(H,23,24). The summed E-state index contributed by atoms with van der Waals surface area (Å²) in [6, 6.07) is 19.2. The maximum Gasteiger partial charge on any atom is 0.344 e. The summed E-state index contributed by atoms with van der Waals surface area (Å²) < 4.78 is 10.5. The minimum Gasteiger partial charge on any atom is -0.482 e. The van der Waals surface area contributed by atoms with Crippen LogP contribution in [0.25, 0.3) is 10.8 Å². The van der Waals surface area contributed by atoms with E-state index in [4.69, 9.17) is 9.47 Å². The zero-order chi connectivity index (χ0) is 19.2. The number of benzene rings is 3. The van der Waals surface area contributed by atoms with Gasteiger partial charge in [0, 0.05) is 5.69 Å². The average molecular weight is 363 g/mol. The van der Waals surface area contributed by atoms with E-state index in [2.05, 4.69) is 5.32 Å². The molecule has 5 nitrogen and oxygen atoms in total. The highest BCUT2D eigenvalue weighted by Gasteiger charge is 2.10. The van der Waals surface area contributed by atoms with E-state index < -0.39 is 11.9 Å². The van der Waals surface area contributed by atoms with Gasteiger partial charge in [0.1, 0.15) is 5.75 Å². The Balaban J connectivity index is 1.47. The fourth-order valence-electron chi connectivity index (χ4n) is 2.65. The fourth-order valence-corrected chi connectivity index (χ4v) is 2.65. The van der Waals surface area contributed by atoms with Crippen molar-refractivity contribution in [3.8, 4) is 5.75 Å². The Kier molecular flexibility index (Phi) is 5.71. The van der Waals surface area contributed by atoms with Gasteiger partial charge in [-0.3, -0.25) is 4.79 Å². The van der Waals surface area contributed by atoms with Crippen LogP contribution < -0.4 is 10.1 Å². The van der Waals surface area contributed by atoms with Crippen molar-refractivity contribution in [3.05, 3.63) is 71.8 Å². The first-order chi connectivity index (χ1) is 13.0. The van der Waals surface area contributed by atoms with E-state index >= 15 is 0 Å². The van der Waals surface area contributed by atoms with Gasteiger partial charge in [0.25, 0.3) is 5.91 Å². The van der Waals surface area contributed by atoms with Crippen LogP contribution in [0.2, 0.25) is 0 Å². The summed E-state index contributed by atoms with van der Waals surface area (Å²) in [7, 11) is 0. The summed E-state index contributed by atoms with van der Waals surface area (Å²) in [4.78, 5) is 23.8. The van der Waals surface area contributed by atoms with Crippen LogP contribution in [0.15, 0.2) is 60.7 Å². The van der Waals surface area contributed by atoms with Crippen LogP contribution in [-0.4, -0.2) is 25.1 Å². The van der Waals surface area contributed by atoms with Gasteiger partial charge in [-0.05, 0) is 53.9 Å². The van der Waals surface area contributed by atoms with Crippen molar-refractivity contribution in [1.82, 2.24) is 0 Å². The second-order valence-electron chi connectivity index (χ2n) is 6.33. The van der Waals surface area contributed by atoms with Gasteiger partial charge < -0.3 is 14.8 Å². The van der Waals surface area contributed by atoms with Crippen LogP contribution in [0.5, 0.6) is 5.75 Å². The number of hydrogen-bond donors (Lipinski definition) is 1. The summed E-state index contributed by atoms with van der Waals surface area (Å²) in [5.74, 6) is -0.359. The van der Waals surface area contributed by atoms with Crippen molar-refractivity contribution in [2.75, 3.05) is 18.5 Å². The number of nitrogens with one attached hydrogen (secondary N) is 1. The Hall–Kier alpha value is -3.34. The van der Waals surface area contributed by atoms with E-state index in [9.17, 15) is 9.59 Å². The third kappa shape index (κ3) is 5.07. The minimum absolute atomic E-state index is 0.243. The quantitative estimate of drug-likeness (QED) is 0.672. The van der Waals surface area contributed by atoms with Crippen LogP contribution in [0.4, 0.5) is 5.69 Å². The first-order valence-electron chi connectivity index (χ1n) is 8.65. The molecule has 0 spiro atoms. The van der Waals surface area contributed by atoms with E-state index in [0.29, 0.717) is 11.4 Å². The molecule has 0 saturated carbocycles. The third-order valence-corrected chi connectivity index (χ3v) is 4.09. The molecule has 0 unspecified atom stereocenters. The second kappa shape index (κ2) is 8.36. The fraction of sp³-hybridized carbons (Fsp3) is 0.182. The SMILES string of the molecule is Cc1ccc(C)c(OCC(=O)OCC(=O)Nc2ccc3ccccc3c2)c1. The van der Waals surface area contributed by atoms with Crippen molar-refractivity contribution in [2.45, 2.75) is 13.8 Å². The van der Waals surface area contributed by atoms with Crippen LogP contribution >= 0.6 is 0 Å². The van der Waals surface area contributed by atoms with Gasteiger partial charge in [-0.25, -0.2) is 4.79 Å². The molecule has 1 N–H and O–H groups in total. The lowest BCUT2D eigenvalue weighted by molar-refractivity contribution is -0.149. The molecule has 3 aromatic rings. The summed E-state index contributed by atoms with van der Waals surface area (Å²) >= 11 is 0. The number of rotatable bonds is 6. The molecular weight excluding hydrogens is 342 g/mol. The Morgan fingerprint density at radius 3 is 2.48 bits per heavy atom. The number of ether oxygens (including phenoxy) is 2. The van der Waals surface area contributed by atoms with E-state index in [1.165, 1.54) is 0 Å². The minimum atomic E-state index is -0.593. The molecule has 0 aromatic heterocycles. The molecule has 138 valence electrons. The summed E-state index contributed by atoms with van der Waals surface area (Å²) in [5, 5.41) is 4.83. The topological polar surface area (TPSA) is 64.6 Å². The molecule has 0 bridgehead atoms. The van der Waals surface area contributed by atoms with Gasteiger partial charge >= 0.3 is 5.97 Å². The number of hydrogen-bond acceptors (Lipinski definition) is 4. The van der Waals surface area contributed by atoms with Gasteiger partial charge in [0.15, 0.2) is 13.2 Å². The average Bonchev–Trinajstić information content (AvgIpc) is 2.67. The maximum absolute atomic E-state index is 12.0. The number of esters is 1. The van der Waals surface area contributed by atoms with Crippen LogP contribution in [0, 0.1) is 13.8 Å². The molecule has 0 heterocycles. The van der Waals surface area contributed by atoms with Crippen molar-refractivity contribution in [3.63, 3.8) is 0 Å². The molecule has 0 aliphatic rings. The normalized spacial score (nSPS) is 10.4. The Bertz CT molecular complexity index is 981. The molecule has 3 aromatic carbocycles. The lowest BCUT2D eigenvalue weighted by Crippen LogP contribution is -2.23. The number of amides is 1. The second-order valence-corrected chi connectivity index (χ2v) is 6.33. The molecule has 0 atom stereocenters. The van der Waals surface area contributed by atoms with Crippen molar-refractivity contribution < 1.29 is 19.1 Å². The molecular formula is C22H21NO4. The summed E-state index contributed by atoms with van der Waals surface area (Å²) in [5.41, 5.74) is 2.63. The summed E-state index contributed by atoms with van der Waals surface area (Å²) in [6.07, 6.45) is 0. The molecule has 3 rings (SSSR count). The molecule has 0 saturated heterocycles. The number of carbonyl (C=O) groups is 2. The van der Waals surface area contributed by atoms with Crippen molar-refractivity contribution in [2.24, 2.45) is 0 Å². The van der Waals surface area contributed by atoms with Crippen molar-refractivity contribution in [1.29, 1.82) is 0 Å². The van der Waals surface area contributed by atoms with Crippen molar-refractivity contribution >= 4 is 28.3 Å². The lowest BCUT2D eigenvalue weighted by Gasteiger charge is -2.10. The molecule has 5 heteroatoms. The largest absolute Gasteiger partial charge is 0.482 e. The Labute approximate surface area is 157 Å². The van der Waals surface area contributed by atoms with Gasteiger partial charge in [-0.1, -0.05) is 42.5 Å². The number of fused-ring (bicyclic) bond motifs is 1. The van der Waals surface area contributed by atoms with E-state index in [-0.39, 0.29) is 13.2 Å². The van der Waals surface area contributed by atoms with E-state index in [1.807, 2.05) is 74.5 Å². The zero-order valence-corrected chi connectivity index (χ0v) is 15.3. The first-order valence-corrected chi connectivity index (χ1v) is 8.65. The van der Waals surface area contributed by atoms with E-state index in [0.717, 1.165) is 21.9 Å². The van der Waals surface area contributed by atoms with Crippen LogP contribution in [0.3, 0.4) is 0 Å². The molecule has 0 aliphatic carbocycles. The first kappa shape index (κ1) is 18.5. The van der Waals surface area contributed by atoms with Gasteiger partial charge in [-0.2, -0.15) is 0 Å². The smallest absolute Gasteiger partial charge is 0.344 e. The highest BCUT2D eigenvalue weighted by molar-refractivity contribution is 5.95. The van der Waals surface area contributed by atoms with Crippen LogP contribution in [-0.2, 0) is 14.3 Å². The van der Waals surface area contributed by atoms with E-state index in [1.54, 1.807) is 0 Å². The highest BCUT2D eigenvalue weighted by Crippen LogP contribution is 2.20. The summed E-state index contributed by atoms with van der Waals surface area (Å²) in [6.45, 7) is 3.24. The predicted molar refractivity (Wildman–Crippen MR) is 105 cm³/mol. The number of aryl methyl sites for hydroxylation is 2.